The minimum atomic E-state index is -0.822. The van der Waals surface area contributed by atoms with Crippen LogP contribution in [0.25, 0.3) is 0 Å². The van der Waals surface area contributed by atoms with Crippen LogP contribution in [0, 0.1) is 0 Å². The number of carbonyl (C=O) groups is 1. The van der Waals surface area contributed by atoms with Crippen LogP contribution in [-0.4, -0.2) is 51.7 Å². The number of hydrogen-bond donors (Lipinski definition) is 1. The molecule has 1 unspecified atom stereocenters. The molecule has 22 heavy (non-hydrogen) atoms. The molecule has 0 aliphatic carbocycles. The molecule has 3 rings (SSSR count). The van der Waals surface area contributed by atoms with Gasteiger partial charge in [-0.2, -0.15) is 0 Å². The molecule has 116 valence electrons. The predicted molar refractivity (Wildman–Crippen MR) is 83.8 cm³/mol. The Morgan fingerprint density at radius 3 is 2.41 bits per heavy atom. The smallest absolute Gasteiger partial charge is 0.327 e. The van der Waals surface area contributed by atoms with Crippen LogP contribution in [0.4, 0.5) is 5.69 Å². The maximum Gasteiger partial charge on any atom is 0.327 e. The van der Waals surface area contributed by atoms with Crippen molar-refractivity contribution in [2.24, 2.45) is 7.05 Å². The number of carboxylic acid groups (broad SMARTS) is 1. The number of aromatic nitrogens is 2. The Labute approximate surface area is 129 Å². The molecule has 2 aromatic rings. The van der Waals surface area contributed by atoms with Crippen molar-refractivity contribution in [1.29, 1.82) is 0 Å². The summed E-state index contributed by atoms with van der Waals surface area (Å²) in [5.41, 5.74) is 1.91. The second-order valence-electron chi connectivity index (χ2n) is 5.53. The van der Waals surface area contributed by atoms with Gasteiger partial charge in [0.25, 0.3) is 0 Å². The normalized spacial score (nSPS) is 17.4. The van der Waals surface area contributed by atoms with Gasteiger partial charge in [0.2, 0.25) is 0 Å². The van der Waals surface area contributed by atoms with Gasteiger partial charge in [-0.15, -0.1) is 0 Å². The summed E-state index contributed by atoms with van der Waals surface area (Å²) in [6, 6.07) is 9.60. The van der Waals surface area contributed by atoms with Gasteiger partial charge >= 0.3 is 5.97 Å². The lowest BCUT2D eigenvalue weighted by atomic mass is 10.1. The Morgan fingerprint density at radius 2 is 1.86 bits per heavy atom. The Balaban J connectivity index is 1.72. The van der Waals surface area contributed by atoms with Crippen molar-refractivity contribution in [3.63, 3.8) is 0 Å². The van der Waals surface area contributed by atoms with Crippen LogP contribution in [0.15, 0.2) is 42.9 Å². The summed E-state index contributed by atoms with van der Waals surface area (Å²) >= 11 is 0. The van der Waals surface area contributed by atoms with Gasteiger partial charge in [-0.3, -0.25) is 9.69 Å². The van der Waals surface area contributed by atoms with Gasteiger partial charge in [-0.05, 0) is 12.1 Å². The van der Waals surface area contributed by atoms with Crippen LogP contribution in [0.1, 0.15) is 11.7 Å². The van der Waals surface area contributed by atoms with Gasteiger partial charge < -0.3 is 14.6 Å². The van der Waals surface area contributed by atoms with E-state index >= 15 is 0 Å². The Kier molecular flexibility index (Phi) is 4.11. The molecule has 6 nitrogen and oxygen atoms in total. The highest BCUT2D eigenvalue weighted by atomic mass is 16.4. The van der Waals surface area contributed by atoms with Crippen LogP contribution in [-0.2, 0) is 11.8 Å². The predicted octanol–water partition coefficient (Wildman–Crippen LogP) is 1.37. The van der Waals surface area contributed by atoms with Crippen molar-refractivity contribution in [3.05, 3.63) is 48.5 Å². The lowest BCUT2D eigenvalue weighted by molar-refractivity contribution is -0.144. The fourth-order valence-electron chi connectivity index (χ4n) is 2.98. The molecular formula is C16H20N4O2. The van der Waals surface area contributed by atoms with Gasteiger partial charge in [0.1, 0.15) is 0 Å². The molecular weight excluding hydrogens is 280 g/mol. The largest absolute Gasteiger partial charge is 0.480 e. The summed E-state index contributed by atoms with van der Waals surface area (Å²) in [4.78, 5) is 20.1. The molecule has 0 spiro atoms. The van der Waals surface area contributed by atoms with Gasteiger partial charge in [-0.25, -0.2) is 4.98 Å². The van der Waals surface area contributed by atoms with Crippen LogP contribution in [0.3, 0.4) is 0 Å². The van der Waals surface area contributed by atoms with E-state index in [1.807, 2.05) is 30.1 Å². The molecule has 1 atom stereocenters. The third-order valence-electron chi connectivity index (χ3n) is 4.17. The molecule has 2 heterocycles. The molecule has 0 radical (unpaired) electrons. The minimum Gasteiger partial charge on any atom is -0.480 e. The zero-order chi connectivity index (χ0) is 15.5. The number of benzene rings is 1. The number of imidazole rings is 1. The molecule has 0 saturated carbocycles. The molecule has 1 aromatic carbocycles. The number of anilines is 1. The first-order valence-electron chi connectivity index (χ1n) is 7.40. The third kappa shape index (κ3) is 2.82. The van der Waals surface area contributed by atoms with Crippen molar-refractivity contribution in [1.82, 2.24) is 14.5 Å². The number of hydrogen-bond acceptors (Lipinski definition) is 4. The van der Waals surface area contributed by atoms with Crippen LogP contribution >= 0.6 is 0 Å². The first-order chi connectivity index (χ1) is 10.7. The van der Waals surface area contributed by atoms with E-state index in [4.69, 9.17) is 0 Å². The Morgan fingerprint density at radius 1 is 1.18 bits per heavy atom. The fraction of sp³-hybridized carbons (Fsp3) is 0.375. The standard InChI is InChI=1S/C16H20N4O2/c1-18-12-17-11-14(18)15(16(21)22)20-9-7-19(8-10-20)13-5-3-2-4-6-13/h2-6,11-12,15H,7-10H2,1H3,(H,21,22). The van der Waals surface area contributed by atoms with E-state index < -0.39 is 12.0 Å². The Hall–Kier alpha value is -2.34. The topological polar surface area (TPSA) is 61.6 Å². The van der Waals surface area contributed by atoms with E-state index in [0.717, 1.165) is 31.9 Å². The zero-order valence-electron chi connectivity index (χ0n) is 12.6. The number of nitrogens with zero attached hydrogens (tertiary/aromatic N) is 4. The van der Waals surface area contributed by atoms with Crippen molar-refractivity contribution in [2.75, 3.05) is 31.1 Å². The van der Waals surface area contributed by atoms with E-state index in [0.29, 0.717) is 0 Å². The molecule has 1 fully saturated rings. The summed E-state index contributed by atoms with van der Waals surface area (Å²) < 4.78 is 1.78. The van der Waals surface area contributed by atoms with E-state index in [1.165, 1.54) is 5.69 Å². The average molecular weight is 300 g/mol. The monoisotopic (exact) mass is 300 g/mol. The number of rotatable bonds is 4. The van der Waals surface area contributed by atoms with Crippen LogP contribution in [0.2, 0.25) is 0 Å². The zero-order valence-corrected chi connectivity index (χ0v) is 12.6. The lowest BCUT2D eigenvalue weighted by Gasteiger charge is -2.38. The van der Waals surface area contributed by atoms with Crippen molar-refractivity contribution in [2.45, 2.75) is 6.04 Å². The summed E-state index contributed by atoms with van der Waals surface area (Å²) in [7, 11) is 1.83. The highest BCUT2D eigenvalue weighted by Crippen LogP contribution is 2.24. The first-order valence-corrected chi connectivity index (χ1v) is 7.40. The van der Waals surface area contributed by atoms with Crippen molar-refractivity contribution < 1.29 is 9.90 Å². The van der Waals surface area contributed by atoms with Gasteiger partial charge in [0.15, 0.2) is 6.04 Å². The molecule has 1 saturated heterocycles. The molecule has 0 amide bonds. The highest BCUT2D eigenvalue weighted by molar-refractivity contribution is 5.75. The summed E-state index contributed by atoms with van der Waals surface area (Å²) in [5.74, 6) is -0.822. The number of aryl methyl sites for hydroxylation is 1. The summed E-state index contributed by atoms with van der Waals surface area (Å²) in [6.07, 6.45) is 3.29. The third-order valence-corrected chi connectivity index (χ3v) is 4.17. The van der Waals surface area contributed by atoms with Gasteiger partial charge in [-0.1, -0.05) is 18.2 Å². The van der Waals surface area contributed by atoms with E-state index in [2.05, 4.69) is 22.0 Å². The molecule has 1 aromatic heterocycles. The Bertz CT molecular complexity index is 633. The van der Waals surface area contributed by atoms with E-state index in [-0.39, 0.29) is 0 Å². The summed E-state index contributed by atoms with van der Waals surface area (Å²) in [5, 5.41) is 9.61. The molecule has 1 aliphatic heterocycles. The molecule has 1 aliphatic rings. The molecule has 0 bridgehead atoms. The highest BCUT2D eigenvalue weighted by Gasteiger charge is 2.32. The number of aliphatic carboxylic acids is 1. The van der Waals surface area contributed by atoms with Gasteiger partial charge in [0.05, 0.1) is 18.2 Å². The van der Waals surface area contributed by atoms with Crippen LogP contribution < -0.4 is 4.90 Å². The van der Waals surface area contributed by atoms with E-state index in [9.17, 15) is 9.90 Å². The van der Waals surface area contributed by atoms with Crippen molar-refractivity contribution >= 4 is 11.7 Å². The molecule has 6 heteroatoms. The maximum absolute atomic E-state index is 11.7. The number of piperazine rings is 1. The average Bonchev–Trinajstić information content (AvgIpc) is 2.95. The summed E-state index contributed by atoms with van der Waals surface area (Å²) in [6.45, 7) is 3.09. The van der Waals surface area contributed by atoms with Crippen molar-refractivity contribution in [3.8, 4) is 0 Å². The first kappa shape index (κ1) is 14.6. The van der Waals surface area contributed by atoms with Crippen LogP contribution in [0.5, 0.6) is 0 Å². The number of para-hydroxylation sites is 1. The van der Waals surface area contributed by atoms with E-state index in [1.54, 1.807) is 17.1 Å². The number of carboxylic acids is 1. The quantitative estimate of drug-likeness (QED) is 0.924. The van der Waals surface area contributed by atoms with Gasteiger partial charge in [0, 0.05) is 38.9 Å². The second kappa shape index (κ2) is 6.19. The lowest BCUT2D eigenvalue weighted by Crippen LogP contribution is -2.49. The maximum atomic E-state index is 11.7. The SMILES string of the molecule is Cn1cncc1C(C(=O)O)N1CCN(c2ccccc2)CC1. The fourth-order valence-corrected chi connectivity index (χ4v) is 2.98. The minimum absolute atomic E-state index is 0.634. The molecule has 1 N–H and O–H groups in total. The second-order valence-corrected chi connectivity index (χ2v) is 5.53.